The standard InChI is InChI=1S/C12H20N2O3S/c1-7(2)9-10(15)13-12(17)14(11(9)16)5-8(3)6-18-4/h7-9H,5-6H2,1-4H3,(H,13,15,17). The van der Waals surface area contributed by atoms with E-state index in [1.54, 1.807) is 25.6 Å². The molecule has 5 nitrogen and oxygen atoms in total. The molecule has 6 heteroatoms. The van der Waals surface area contributed by atoms with Crippen LogP contribution in [-0.4, -0.2) is 41.3 Å². The van der Waals surface area contributed by atoms with Crippen LogP contribution in [0.4, 0.5) is 4.79 Å². The first kappa shape index (κ1) is 15.0. The molecule has 0 aromatic rings. The Bertz CT molecular complexity index is 357. The van der Waals surface area contributed by atoms with Crippen molar-refractivity contribution in [1.29, 1.82) is 0 Å². The van der Waals surface area contributed by atoms with E-state index in [1.807, 2.05) is 13.2 Å². The zero-order chi connectivity index (χ0) is 13.9. The number of imide groups is 2. The third-order valence-corrected chi connectivity index (χ3v) is 3.80. The van der Waals surface area contributed by atoms with E-state index in [4.69, 9.17) is 0 Å². The summed E-state index contributed by atoms with van der Waals surface area (Å²) in [6, 6.07) is -0.588. The Hall–Kier alpha value is -1.04. The van der Waals surface area contributed by atoms with Gasteiger partial charge < -0.3 is 0 Å². The molecule has 1 saturated heterocycles. The number of nitrogens with one attached hydrogen (secondary N) is 1. The normalized spacial score (nSPS) is 22.4. The number of barbiturate groups is 1. The van der Waals surface area contributed by atoms with Gasteiger partial charge in [0.05, 0.1) is 0 Å². The van der Waals surface area contributed by atoms with Gasteiger partial charge in [0.15, 0.2) is 0 Å². The molecule has 1 aliphatic heterocycles. The van der Waals surface area contributed by atoms with E-state index in [1.165, 1.54) is 4.90 Å². The molecule has 1 rings (SSSR count). The highest BCUT2D eigenvalue weighted by Gasteiger charge is 2.42. The van der Waals surface area contributed by atoms with Crippen LogP contribution in [0.5, 0.6) is 0 Å². The van der Waals surface area contributed by atoms with Crippen molar-refractivity contribution in [2.75, 3.05) is 18.6 Å². The van der Waals surface area contributed by atoms with Crippen molar-refractivity contribution in [3.8, 4) is 0 Å². The molecule has 4 amide bonds. The fourth-order valence-electron chi connectivity index (χ4n) is 2.04. The van der Waals surface area contributed by atoms with Crippen LogP contribution < -0.4 is 5.32 Å². The SMILES string of the molecule is CSCC(C)CN1C(=O)NC(=O)C(C(C)C)C1=O. The predicted octanol–water partition coefficient (Wildman–Crippen LogP) is 1.34. The van der Waals surface area contributed by atoms with Crippen LogP contribution in [0.25, 0.3) is 0 Å². The van der Waals surface area contributed by atoms with E-state index in [0.29, 0.717) is 6.54 Å². The third-order valence-electron chi connectivity index (χ3n) is 2.90. The lowest BCUT2D eigenvalue weighted by Gasteiger charge is -2.33. The van der Waals surface area contributed by atoms with Crippen molar-refractivity contribution >= 4 is 29.6 Å². The lowest BCUT2D eigenvalue weighted by atomic mass is 9.91. The van der Waals surface area contributed by atoms with Gasteiger partial charge in [-0.15, -0.1) is 0 Å². The molecule has 0 radical (unpaired) electrons. The Labute approximate surface area is 112 Å². The summed E-state index contributed by atoms with van der Waals surface area (Å²) in [5.74, 6) is -0.610. The van der Waals surface area contributed by atoms with Gasteiger partial charge in [-0.3, -0.25) is 19.8 Å². The molecule has 0 aromatic carbocycles. The van der Waals surface area contributed by atoms with Gasteiger partial charge in [0.1, 0.15) is 5.92 Å². The molecule has 0 bridgehead atoms. The van der Waals surface area contributed by atoms with E-state index < -0.39 is 17.9 Å². The van der Waals surface area contributed by atoms with Crippen LogP contribution in [0.1, 0.15) is 20.8 Å². The van der Waals surface area contributed by atoms with Gasteiger partial charge in [-0.05, 0) is 23.8 Å². The second-order valence-corrected chi connectivity index (χ2v) is 5.94. The number of nitrogens with zero attached hydrogens (tertiary/aromatic N) is 1. The van der Waals surface area contributed by atoms with Crippen LogP contribution in [-0.2, 0) is 9.59 Å². The molecule has 1 aliphatic rings. The molecule has 1 fully saturated rings. The van der Waals surface area contributed by atoms with Crippen molar-refractivity contribution in [2.24, 2.45) is 17.8 Å². The number of urea groups is 1. The van der Waals surface area contributed by atoms with Crippen LogP contribution in [0.2, 0.25) is 0 Å². The Balaban J connectivity index is 2.80. The number of hydrogen-bond acceptors (Lipinski definition) is 4. The minimum atomic E-state index is -0.746. The van der Waals surface area contributed by atoms with E-state index >= 15 is 0 Å². The zero-order valence-corrected chi connectivity index (χ0v) is 12.0. The van der Waals surface area contributed by atoms with Crippen molar-refractivity contribution in [2.45, 2.75) is 20.8 Å². The molecule has 0 aromatic heterocycles. The fraction of sp³-hybridized carbons (Fsp3) is 0.750. The fourth-order valence-corrected chi connectivity index (χ4v) is 2.71. The maximum Gasteiger partial charge on any atom is 0.330 e. The molecule has 102 valence electrons. The highest BCUT2D eigenvalue weighted by Crippen LogP contribution is 2.20. The van der Waals surface area contributed by atoms with Crippen molar-refractivity contribution in [3.05, 3.63) is 0 Å². The van der Waals surface area contributed by atoms with Crippen molar-refractivity contribution in [3.63, 3.8) is 0 Å². The molecule has 1 N–H and O–H groups in total. The average Bonchev–Trinajstić information content (AvgIpc) is 2.23. The van der Waals surface area contributed by atoms with Crippen molar-refractivity contribution < 1.29 is 14.4 Å². The molecule has 0 spiro atoms. The average molecular weight is 272 g/mol. The van der Waals surface area contributed by atoms with Crippen LogP contribution in [0.3, 0.4) is 0 Å². The van der Waals surface area contributed by atoms with E-state index in [-0.39, 0.29) is 17.7 Å². The van der Waals surface area contributed by atoms with Gasteiger partial charge in [0.2, 0.25) is 11.8 Å². The summed E-state index contributed by atoms with van der Waals surface area (Å²) in [7, 11) is 0. The van der Waals surface area contributed by atoms with Gasteiger partial charge in [0.25, 0.3) is 0 Å². The first-order valence-corrected chi connectivity index (χ1v) is 7.43. The Kier molecular flexibility index (Phi) is 5.19. The molecule has 0 saturated carbocycles. The second kappa shape index (κ2) is 6.22. The van der Waals surface area contributed by atoms with Crippen molar-refractivity contribution in [1.82, 2.24) is 10.2 Å². The highest BCUT2D eigenvalue weighted by molar-refractivity contribution is 7.98. The quantitative estimate of drug-likeness (QED) is 0.767. The van der Waals surface area contributed by atoms with Gasteiger partial charge in [0, 0.05) is 6.54 Å². The zero-order valence-electron chi connectivity index (χ0n) is 11.2. The largest absolute Gasteiger partial charge is 0.330 e. The number of carbonyl (C=O) groups excluding carboxylic acids is 3. The maximum absolute atomic E-state index is 12.2. The predicted molar refractivity (Wildman–Crippen MR) is 71.1 cm³/mol. The molecule has 2 unspecified atom stereocenters. The minimum Gasteiger partial charge on any atom is -0.277 e. The number of amides is 4. The molecule has 18 heavy (non-hydrogen) atoms. The van der Waals surface area contributed by atoms with Crippen LogP contribution >= 0.6 is 11.8 Å². The lowest BCUT2D eigenvalue weighted by molar-refractivity contribution is -0.144. The van der Waals surface area contributed by atoms with Gasteiger partial charge >= 0.3 is 6.03 Å². The van der Waals surface area contributed by atoms with E-state index in [0.717, 1.165) is 5.75 Å². The summed E-state index contributed by atoms with van der Waals surface area (Å²) in [5.41, 5.74) is 0. The highest BCUT2D eigenvalue weighted by atomic mass is 32.2. The summed E-state index contributed by atoms with van der Waals surface area (Å²) >= 11 is 1.67. The van der Waals surface area contributed by atoms with Gasteiger partial charge in [-0.1, -0.05) is 20.8 Å². The molecule has 0 aliphatic carbocycles. The lowest BCUT2D eigenvalue weighted by Crippen LogP contribution is -2.60. The second-order valence-electron chi connectivity index (χ2n) is 5.03. The summed E-state index contributed by atoms with van der Waals surface area (Å²) in [6.45, 7) is 5.96. The summed E-state index contributed by atoms with van der Waals surface area (Å²) in [6.07, 6.45) is 1.98. The Morgan fingerprint density at radius 2 is 1.89 bits per heavy atom. The molecular weight excluding hydrogens is 252 g/mol. The smallest absolute Gasteiger partial charge is 0.277 e. The summed E-state index contributed by atoms with van der Waals surface area (Å²) in [5, 5.41) is 2.26. The van der Waals surface area contributed by atoms with E-state index in [2.05, 4.69) is 5.32 Å². The molecule has 1 heterocycles. The topological polar surface area (TPSA) is 66.5 Å². The number of thioether (sulfide) groups is 1. The first-order valence-electron chi connectivity index (χ1n) is 6.03. The molecule has 2 atom stereocenters. The number of carbonyl (C=O) groups is 3. The third kappa shape index (κ3) is 3.25. The van der Waals surface area contributed by atoms with Gasteiger partial charge in [-0.25, -0.2) is 4.79 Å². The summed E-state index contributed by atoms with van der Waals surface area (Å²) in [4.78, 5) is 36.7. The van der Waals surface area contributed by atoms with Crippen LogP contribution in [0, 0.1) is 17.8 Å². The first-order chi connectivity index (χ1) is 8.38. The maximum atomic E-state index is 12.2. The van der Waals surface area contributed by atoms with Gasteiger partial charge in [-0.2, -0.15) is 11.8 Å². The number of rotatable bonds is 5. The molecular formula is C12H20N2O3S. The Morgan fingerprint density at radius 3 is 2.39 bits per heavy atom. The van der Waals surface area contributed by atoms with Crippen LogP contribution in [0.15, 0.2) is 0 Å². The number of hydrogen-bond donors (Lipinski definition) is 1. The Morgan fingerprint density at radius 1 is 1.28 bits per heavy atom. The van der Waals surface area contributed by atoms with E-state index in [9.17, 15) is 14.4 Å². The summed E-state index contributed by atoms with van der Waals surface area (Å²) < 4.78 is 0. The monoisotopic (exact) mass is 272 g/mol. The minimum absolute atomic E-state index is 0.107.